The molecule has 0 atom stereocenters. The van der Waals surface area contributed by atoms with E-state index in [0.29, 0.717) is 60.8 Å². The van der Waals surface area contributed by atoms with Gasteiger partial charge in [0.15, 0.2) is 23.1 Å². The molecule has 9 nitrogen and oxygen atoms in total. The smallest absolute Gasteiger partial charge is 0.339 e. The Morgan fingerprint density at radius 2 is 1.63 bits per heavy atom. The van der Waals surface area contributed by atoms with Crippen LogP contribution in [0.4, 0.5) is 0 Å². The van der Waals surface area contributed by atoms with E-state index in [4.69, 9.17) is 8.92 Å². The first-order valence-electron chi connectivity index (χ1n) is 14.4. The number of ketones is 2. The maximum Gasteiger partial charge on any atom is 0.339 e. The van der Waals surface area contributed by atoms with Crippen molar-refractivity contribution in [1.29, 1.82) is 0 Å². The lowest BCUT2D eigenvalue weighted by Gasteiger charge is -2.44. The minimum atomic E-state index is -4.21. The molecule has 0 amide bonds. The van der Waals surface area contributed by atoms with Crippen molar-refractivity contribution in [3.8, 4) is 11.5 Å². The Morgan fingerprint density at radius 3 is 2.16 bits per heavy atom. The molecule has 2 aromatic carbocycles. The van der Waals surface area contributed by atoms with E-state index < -0.39 is 22.0 Å². The van der Waals surface area contributed by atoms with Crippen molar-refractivity contribution < 1.29 is 36.8 Å². The number of ether oxygens (including phenoxy) is 1. The highest BCUT2D eigenvalue weighted by molar-refractivity contribution is 7.87. The largest absolute Gasteiger partial charge is 0.493 e. The van der Waals surface area contributed by atoms with Crippen LogP contribution in [-0.2, 0) is 30.9 Å². The molecule has 0 saturated heterocycles. The van der Waals surface area contributed by atoms with E-state index in [-0.39, 0.29) is 47.3 Å². The molecule has 0 saturated carbocycles. The molecule has 10 heteroatoms. The predicted octanol–water partition coefficient (Wildman–Crippen LogP) is 5.39. The van der Waals surface area contributed by atoms with Crippen molar-refractivity contribution in [1.82, 2.24) is 4.90 Å². The maximum atomic E-state index is 13.6. The molecule has 0 fully saturated rings. The first-order valence-corrected chi connectivity index (χ1v) is 15.8. The number of carbonyl (C=O) groups is 3. The summed E-state index contributed by atoms with van der Waals surface area (Å²) < 4.78 is 37.9. The van der Waals surface area contributed by atoms with E-state index in [2.05, 4.69) is 6.58 Å². The van der Waals surface area contributed by atoms with E-state index in [9.17, 15) is 27.9 Å². The Bertz CT molecular complexity index is 1620. The summed E-state index contributed by atoms with van der Waals surface area (Å²) in [5, 5.41) is 9.43. The summed E-state index contributed by atoms with van der Waals surface area (Å²) >= 11 is 0. The molecule has 1 aliphatic heterocycles. The molecule has 0 spiro atoms. The predicted molar refractivity (Wildman–Crippen MR) is 159 cm³/mol. The van der Waals surface area contributed by atoms with Gasteiger partial charge >= 0.3 is 16.1 Å². The van der Waals surface area contributed by atoms with Gasteiger partial charge in [0.25, 0.3) is 0 Å². The quantitative estimate of drug-likeness (QED) is 0.280. The number of methoxy groups -OCH3 is 1. The van der Waals surface area contributed by atoms with Crippen LogP contribution in [0.3, 0.4) is 0 Å². The van der Waals surface area contributed by atoms with Crippen LogP contribution in [0.1, 0.15) is 67.6 Å². The number of hydrogen-bond acceptors (Lipinski definition) is 8. The lowest BCUT2D eigenvalue weighted by atomic mass is 9.70. The van der Waals surface area contributed by atoms with Gasteiger partial charge in [0.05, 0.1) is 13.5 Å². The molecule has 2 aromatic rings. The number of nitrogens with zero attached hydrogens (tertiary/aromatic N) is 1. The van der Waals surface area contributed by atoms with Gasteiger partial charge in [0, 0.05) is 53.4 Å². The fourth-order valence-corrected chi connectivity index (χ4v) is 7.27. The average molecular weight is 606 g/mol. The van der Waals surface area contributed by atoms with E-state index in [1.807, 2.05) is 11.8 Å². The number of rotatable bonds is 10. The van der Waals surface area contributed by atoms with Crippen LogP contribution in [0.2, 0.25) is 0 Å². The highest BCUT2D eigenvalue weighted by Crippen LogP contribution is 2.51. The zero-order valence-electron chi connectivity index (χ0n) is 24.4. The summed E-state index contributed by atoms with van der Waals surface area (Å²) in [6, 6.07) is 9.72. The number of carboxylic acids is 1. The zero-order chi connectivity index (χ0) is 30.9. The Labute approximate surface area is 251 Å². The number of carboxylic acid groups (broad SMARTS) is 1. The number of benzene rings is 2. The third-order valence-corrected chi connectivity index (χ3v) is 9.45. The third kappa shape index (κ3) is 5.88. The topological polar surface area (TPSA) is 127 Å². The van der Waals surface area contributed by atoms with Crippen LogP contribution in [-0.4, -0.2) is 49.6 Å². The van der Waals surface area contributed by atoms with Gasteiger partial charge in [-0.1, -0.05) is 29.8 Å². The van der Waals surface area contributed by atoms with Crippen molar-refractivity contribution in [2.24, 2.45) is 0 Å². The van der Waals surface area contributed by atoms with Crippen LogP contribution in [0.15, 0.2) is 76.5 Å². The number of hydrogen-bond donors (Lipinski definition) is 1. The zero-order valence-corrected chi connectivity index (χ0v) is 25.2. The molecule has 0 aromatic heterocycles. The van der Waals surface area contributed by atoms with Gasteiger partial charge < -0.3 is 18.9 Å². The molecular formula is C33H35NO8S. The van der Waals surface area contributed by atoms with Crippen LogP contribution >= 0.6 is 0 Å². The number of Topliss-reactive ketones (excluding diaryl/α,β-unsaturated/α-hetero) is 2. The summed E-state index contributed by atoms with van der Waals surface area (Å²) in [4.78, 5) is 40.6. The van der Waals surface area contributed by atoms with Crippen LogP contribution < -0.4 is 8.92 Å². The summed E-state index contributed by atoms with van der Waals surface area (Å²) in [7, 11) is -2.81. The molecule has 0 bridgehead atoms. The van der Waals surface area contributed by atoms with Crippen LogP contribution in [0, 0.1) is 6.92 Å². The minimum Gasteiger partial charge on any atom is -0.493 e. The van der Waals surface area contributed by atoms with Gasteiger partial charge in [-0.15, -0.1) is 6.58 Å². The van der Waals surface area contributed by atoms with Gasteiger partial charge in [-0.3, -0.25) is 14.4 Å². The van der Waals surface area contributed by atoms with Crippen LogP contribution in [0.25, 0.3) is 0 Å². The number of carbonyl (C=O) groups excluding carboxylic acids is 2. The first kappa shape index (κ1) is 30.3. The Hall–Kier alpha value is -4.18. The van der Waals surface area contributed by atoms with Crippen molar-refractivity contribution >= 4 is 27.7 Å². The summed E-state index contributed by atoms with van der Waals surface area (Å²) in [6.45, 7) is 5.86. The lowest BCUT2D eigenvalue weighted by Crippen LogP contribution is -2.40. The Kier molecular flexibility index (Phi) is 8.59. The van der Waals surface area contributed by atoms with Crippen molar-refractivity contribution in [3.63, 3.8) is 0 Å². The number of allylic oxidation sites excluding steroid dienone is 5. The lowest BCUT2D eigenvalue weighted by molar-refractivity contribution is -0.137. The second kappa shape index (κ2) is 12.2. The average Bonchev–Trinajstić information content (AvgIpc) is 2.97. The van der Waals surface area contributed by atoms with Gasteiger partial charge in [-0.25, -0.2) is 0 Å². The minimum absolute atomic E-state index is 0.00675. The van der Waals surface area contributed by atoms with Gasteiger partial charge in [-0.05, 0) is 62.8 Å². The van der Waals surface area contributed by atoms with Crippen molar-refractivity contribution in [3.05, 3.63) is 88.3 Å². The first-order chi connectivity index (χ1) is 20.6. The van der Waals surface area contributed by atoms with E-state index in [1.54, 1.807) is 30.3 Å². The molecular weight excluding hydrogens is 570 g/mol. The fraction of sp³-hybridized carbons (Fsp3) is 0.364. The standard InChI is InChI=1S/C33H35NO8S/c1-4-7-21-18-22(19-28(41-3)33(21)42-43(39,40)23-14-12-20(2)13-15-23)30-31-24(8-5-10-26(31)35)34(17-16-29(37)38)25-9-6-11-27(36)32(25)30/h4,12-15,18-19,30H,1,5-11,16-17H2,2-3H3,(H,37,38). The fourth-order valence-electron chi connectivity index (χ4n) is 6.29. The molecule has 2 aliphatic carbocycles. The second-order valence-electron chi connectivity index (χ2n) is 11.1. The van der Waals surface area contributed by atoms with E-state index in [1.165, 1.54) is 19.2 Å². The van der Waals surface area contributed by atoms with E-state index in [0.717, 1.165) is 17.0 Å². The monoisotopic (exact) mass is 605 g/mol. The van der Waals surface area contributed by atoms with Gasteiger partial charge in [0.1, 0.15) is 4.90 Å². The molecule has 226 valence electrons. The number of aliphatic carboxylic acids is 1. The third-order valence-electron chi connectivity index (χ3n) is 8.21. The summed E-state index contributed by atoms with van der Waals surface area (Å²) in [5.74, 6) is -1.64. The molecule has 5 rings (SSSR count). The van der Waals surface area contributed by atoms with Gasteiger partial charge in [0.2, 0.25) is 0 Å². The molecule has 1 heterocycles. The number of aryl methyl sites for hydroxylation is 1. The van der Waals surface area contributed by atoms with E-state index >= 15 is 0 Å². The molecule has 0 unspecified atom stereocenters. The van der Waals surface area contributed by atoms with Crippen molar-refractivity contribution in [2.45, 2.75) is 69.1 Å². The molecule has 1 N–H and O–H groups in total. The second-order valence-corrected chi connectivity index (χ2v) is 12.6. The van der Waals surface area contributed by atoms with Gasteiger partial charge in [-0.2, -0.15) is 8.42 Å². The highest BCUT2D eigenvalue weighted by Gasteiger charge is 2.43. The SMILES string of the molecule is C=CCc1cc(C2C3=C(CCCC3=O)N(CCC(=O)O)C3=C2C(=O)CCC3)cc(OC)c1OS(=O)(=O)c1ccc(C)cc1. The summed E-state index contributed by atoms with van der Waals surface area (Å²) in [6.07, 6.45) is 4.84. The summed E-state index contributed by atoms with van der Waals surface area (Å²) in [5.41, 5.74) is 4.52. The molecule has 0 radical (unpaired) electrons. The van der Waals surface area contributed by atoms with Crippen molar-refractivity contribution in [2.75, 3.05) is 13.7 Å². The van der Waals surface area contributed by atoms with Crippen LogP contribution in [0.5, 0.6) is 11.5 Å². The maximum absolute atomic E-state index is 13.6. The Morgan fingerprint density at radius 1 is 1.02 bits per heavy atom. The normalized spacial score (nSPS) is 17.5. The molecule has 43 heavy (non-hydrogen) atoms. The Balaban J connectivity index is 1.68. The molecule has 3 aliphatic rings. The highest BCUT2D eigenvalue weighted by atomic mass is 32.2.